The van der Waals surface area contributed by atoms with Crippen molar-refractivity contribution in [3.8, 4) is 5.75 Å². The van der Waals surface area contributed by atoms with Gasteiger partial charge in [0.25, 0.3) is 5.69 Å². The number of nitro benzene ring substituents is 1. The van der Waals surface area contributed by atoms with Crippen LogP contribution in [0, 0.1) is 10.1 Å². The number of benzene rings is 2. The fourth-order valence-corrected chi connectivity index (χ4v) is 1.97. The number of nitro groups is 1. The summed E-state index contributed by atoms with van der Waals surface area (Å²) < 4.78 is 5.47. The van der Waals surface area contributed by atoms with Gasteiger partial charge in [-0.15, -0.1) is 0 Å². The zero-order valence-corrected chi connectivity index (χ0v) is 11.0. The third-order valence-corrected chi connectivity index (χ3v) is 2.98. The highest BCUT2D eigenvalue weighted by Gasteiger charge is 2.14. The SMILES string of the molecule is O=Cc1cccc(Cl)c1OCc1ccccc1[N+](=O)[O-]. The number of para-hydroxylation sites is 2. The lowest BCUT2D eigenvalue weighted by Crippen LogP contribution is -2.02. The monoisotopic (exact) mass is 291 g/mol. The first-order chi connectivity index (χ1) is 9.63. The first-order valence-corrected chi connectivity index (χ1v) is 6.10. The topological polar surface area (TPSA) is 69.4 Å². The van der Waals surface area contributed by atoms with Gasteiger partial charge in [0.05, 0.1) is 21.1 Å². The molecule has 0 spiro atoms. The number of carbonyl (C=O) groups is 1. The fourth-order valence-electron chi connectivity index (χ4n) is 1.73. The molecule has 0 saturated carbocycles. The first kappa shape index (κ1) is 14.0. The maximum atomic E-state index is 10.9. The smallest absolute Gasteiger partial charge is 0.276 e. The van der Waals surface area contributed by atoms with E-state index in [1.807, 2.05) is 0 Å². The van der Waals surface area contributed by atoms with Gasteiger partial charge in [-0.05, 0) is 18.2 Å². The van der Waals surface area contributed by atoms with Gasteiger partial charge in [-0.25, -0.2) is 0 Å². The number of nitrogens with zero attached hydrogens (tertiary/aromatic N) is 1. The molecule has 5 nitrogen and oxygen atoms in total. The minimum atomic E-state index is -0.480. The summed E-state index contributed by atoms with van der Waals surface area (Å²) in [5.74, 6) is 0.224. The molecular formula is C14H10ClNO4. The van der Waals surface area contributed by atoms with E-state index in [2.05, 4.69) is 0 Å². The van der Waals surface area contributed by atoms with E-state index in [1.165, 1.54) is 6.07 Å². The molecule has 102 valence electrons. The van der Waals surface area contributed by atoms with Gasteiger partial charge in [0.2, 0.25) is 0 Å². The molecule has 0 aromatic heterocycles. The van der Waals surface area contributed by atoms with E-state index >= 15 is 0 Å². The van der Waals surface area contributed by atoms with E-state index in [4.69, 9.17) is 16.3 Å². The Morgan fingerprint density at radius 2 is 1.95 bits per heavy atom. The maximum absolute atomic E-state index is 10.9. The number of hydrogen-bond donors (Lipinski definition) is 0. The summed E-state index contributed by atoms with van der Waals surface area (Å²) in [4.78, 5) is 21.3. The van der Waals surface area contributed by atoms with Gasteiger partial charge in [0, 0.05) is 6.07 Å². The highest BCUT2D eigenvalue weighted by Crippen LogP contribution is 2.29. The zero-order chi connectivity index (χ0) is 14.5. The molecule has 2 aromatic rings. The molecule has 0 atom stereocenters. The highest BCUT2D eigenvalue weighted by atomic mass is 35.5. The lowest BCUT2D eigenvalue weighted by Gasteiger charge is -2.10. The Morgan fingerprint density at radius 3 is 2.65 bits per heavy atom. The molecule has 0 unspecified atom stereocenters. The largest absolute Gasteiger partial charge is 0.486 e. The molecule has 2 aromatic carbocycles. The van der Waals surface area contributed by atoms with E-state index in [-0.39, 0.29) is 23.1 Å². The minimum Gasteiger partial charge on any atom is -0.486 e. The van der Waals surface area contributed by atoms with Gasteiger partial charge in [-0.3, -0.25) is 14.9 Å². The van der Waals surface area contributed by atoms with Crippen molar-refractivity contribution in [3.05, 3.63) is 68.7 Å². The van der Waals surface area contributed by atoms with E-state index < -0.39 is 4.92 Å². The van der Waals surface area contributed by atoms with Crippen LogP contribution in [-0.2, 0) is 6.61 Å². The summed E-state index contributed by atoms with van der Waals surface area (Å²) in [5.41, 5.74) is 0.678. The lowest BCUT2D eigenvalue weighted by molar-refractivity contribution is -0.385. The second-order valence-corrected chi connectivity index (χ2v) is 4.36. The summed E-state index contributed by atoms with van der Waals surface area (Å²) in [6.07, 6.45) is 0.626. The number of aldehydes is 1. The van der Waals surface area contributed by atoms with Crippen molar-refractivity contribution in [3.63, 3.8) is 0 Å². The van der Waals surface area contributed by atoms with Gasteiger partial charge in [0.15, 0.2) is 6.29 Å². The molecule has 0 aliphatic carbocycles. The Balaban J connectivity index is 2.26. The Morgan fingerprint density at radius 1 is 1.20 bits per heavy atom. The van der Waals surface area contributed by atoms with Crippen molar-refractivity contribution >= 4 is 23.6 Å². The highest BCUT2D eigenvalue weighted by molar-refractivity contribution is 6.32. The van der Waals surface area contributed by atoms with Crippen molar-refractivity contribution < 1.29 is 14.5 Å². The van der Waals surface area contributed by atoms with Crippen LogP contribution in [0.2, 0.25) is 5.02 Å². The van der Waals surface area contributed by atoms with E-state index in [9.17, 15) is 14.9 Å². The van der Waals surface area contributed by atoms with Gasteiger partial charge >= 0.3 is 0 Å². The molecule has 0 saturated heterocycles. The summed E-state index contributed by atoms with van der Waals surface area (Å²) in [6, 6.07) is 11.0. The van der Waals surface area contributed by atoms with Crippen molar-refractivity contribution in [1.82, 2.24) is 0 Å². The molecule has 0 bridgehead atoms. The summed E-state index contributed by atoms with van der Waals surface area (Å²) in [6.45, 7) is -0.0400. The average molecular weight is 292 g/mol. The molecule has 0 amide bonds. The van der Waals surface area contributed by atoms with Gasteiger partial charge in [-0.1, -0.05) is 29.8 Å². The summed E-state index contributed by atoms with van der Waals surface area (Å²) in [7, 11) is 0. The summed E-state index contributed by atoms with van der Waals surface area (Å²) in [5, 5.41) is 11.2. The molecule has 20 heavy (non-hydrogen) atoms. The van der Waals surface area contributed by atoms with Crippen LogP contribution in [0.4, 0.5) is 5.69 Å². The van der Waals surface area contributed by atoms with Crippen LogP contribution in [-0.4, -0.2) is 11.2 Å². The molecule has 0 aliphatic rings. The number of rotatable bonds is 5. The van der Waals surface area contributed by atoms with Crippen molar-refractivity contribution in [2.24, 2.45) is 0 Å². The van der Waals surface area contributed by atoms with Crippen LogP contribution in [0.5, 0.6) is 5.75 Å². The predicted molar refractivity (Wildman–Crippen MR) is 74.3 cm³/mol. The predicted octanol–water partition coefficient (Wildman–Crippen LogP) is 3.64. The Kier molecular flexibility index (Phi) is 4.32. The van der Waals surface area contributed by atoms with E-state index in [0.29, 0.717) is 17.4 Å². The molecule has 6 heteroatoms. The van der Waals surface area contributed by atoms with Crippen LogP contribution >= 0.6 is 11.6 Å². The van der Waals surface area contributed by atoms with E-state index in [0.717, 1.165) is 0 Å². The molecule has 0 N–H and O–H groups in total. The lowest BCUT2D eigenvalue weighted by atomic mass is 10.2. The molecule has 0 aliphatic heterocycles. The maximum Gasteiger partial charge on any atom is 0.276 e. The van der Waals surface area contributed by atoms with Crippen LogP contribution in [0.1, 0.15) is 15.9 Å². The van der Waals surface area contributed by atoms with Crippen LogP contribution in [0.15, 0.2) is 42.5 Å². The minimum absolute atomic E-state index is 0.0350. The van der Waals surface area contributed by atoms with Gasteiger partial charge in [0.1, 0.15) is 12.4 Å². The summed E-state index contributed by atoms with van der Waals surface area (Å²) >= 11 is 5.96. The molecule has 2 rings (SSSR count). The normalized spacial score (nSPS) is 10.1. The fraction of sp³-hybridized carbons (Fsp3) is 0.0714. The standard InChI is InChI=1S/C14H10ClNO4/c15-12-6-3-5-10(8-17)14(12)20-9-11-4-1-2-7-13(11)16(18)19/h1-8H,9H2. The first-order valence-electron chi connectivity index (χ1n) is 5.72. The van der Waals surface area contributed by atoms with E-state index in [1.54, 1.807) is 36.4 Å². The Labute approximate surface area is 119 Å². The third-order valence-electron chi connectivity index (χ3n) is 2.68. The number of halogens is 1. The van der Waals surface area contributed by atoms with Crippen molar-refractivity contribution in [2.75, 3.05) is 0 Å². The molecular weight excluding hydrogens is 282 g/mol. The Bertz CT molecular complexity index is 657. The van der Waals surface area contributed by atoms with Gasteiger partial charge < -0.3 is 4.74 Å². The zero-order valence-electron chi connectivity index (χ0n) is 10.3. The number of hydrogen-bond acceptors (Lipinski definition) is 4. The second-order valence-electron chi connectivity index (χ2n) is 3.95. The van der Waals surface area contributed by atoms with Crippen molar-refractivity contribution in [2.45, 2.75) is 6.61 Å². The third kappa shape index (κ3) is 2.95. The molecule has 0 radical (unpaired) electrons. The number of ether oxygens (including phenoxy) is 1. The van der Waals surface area contributed by atoms with Crippen LogP contribution in [0.3, 0.4) is 0 Å². The van der Waals surface area contributed by atoms with Crippen LogP contribution in [0.25, 0.3) is 0 Å². The molecule has 0 heterocycles. The Hall–Kier alpha value is -2.40. The quantitative estimate of drug-likeness (QED) is 0.479. The van der Waals surface area contributed by atoms with Crippen molar-refractivity contribution in [1.29, 1.82) is 0 Å². The average Bonchev–Trinajstić information content (AvgIpc) is 2.46. The number of carbonyl (C=O) groups excluding carboxylic acids is 1. The second kappa shape index (κ2) is 6.16. The molecule has 0 fully saturated rings. The van der Waals surface area contributed by atoms with Gasteiger partial charge in [-0.2, -0.15) is 0 Å². The van der Waals surface area contributed by atoms with Crippen LogP contribution < -0.4 is 4.74 Å².